The number of hydrogen-bond donors (Lipinski definition) is 2. The topological polar surface area (TPSA) is 58.3 Å². The normalized spacial score (nSPS) is 16.4. The van der Waals surface area contributed by atoms with Crippen LogP contribution in [-0.4, -0.2) is 31.2 Å². The van der Waals surface area contributed by atoms with Gasteiger partial charge in [-0.05, 0) is 33.8 Å². The SMILES string of the molecule is CCn1nccc1CC(C)(O)C(C)(C)O. The van der Waals surface area contributed by atoms with E-state index in [0.717, 1.165) is 12.2 Å². The largest absolute Gasteiger partial charge is 0.387 e. The molecule has 0 aliphatic heterocycles. The molecule has 15 heavy (non-hydrogen) atoms. The fourth-order valence-electron chi connectivity index (χ4n) is 1.36. The van der Waals surface area contributed by atoms with E-state index in [0.29, 0.717) is 6.42 Å². The maximum absolute atomic E-state index is 10.2. The number of rotatable bonds is 4. The fraction of sp³-hybridized carbons (Fsp3) is 0.727. The van der Waals surface area contributed by atoms with Gasteiger partial charge >= 0.3 is 0 Å². The van der Waals surface area contributed by atoms with Crippen molar-refractivity contribution in [2.24, 2.45) is 0 Å². The number of nitrogens with zero attached hydrogens (tertiary/aromatic N) is 2. The third kappa shape index (κ3) is 2.58. The minimum atomic E-state index is -1.15. The van der Waals surface area contributed by atoms with Crippen LogP contribution in [0.1, 0.15) is 33.4 Å². The second-order valence-corrected chi connectivity index (χ2v) is 4.65. The lowest BCUT2D eigenvalue weighted by molar-refractivity contribution is -0.119. The van der Waals surface area contributed by atoms with Crippen LogP contribution >= 0.6 is 0 Å². The van der Waals surface area contributed by atoms with Gasteiger partial charge in [-0.15, -0.1) is 0 Å². The summed E-state index contributed by atoms with van der Waals surface area (Å²) in [4.78, 5) is 0. The van der Waals surface area contributed by atoms with Crippen LogP contribution in [0.3, 0.4) is 0 Å². The molecule has 1 aromatic heterocycles. The van der Waals surface area contributed by atoms with E-state index in [1.54, 1.807) is 27.0 Å². The molecule has 1 atom stereocenters. The molecule has 0 aliphatic carbocycles. The summed E-state index contributed by atoms with van der Waals surface area (Å²) >= 11 is 0. The summed E-state index contributed by atoms with van der Waals surface area (Å²) in [7, 11) is 0. The van der Waals surface area contributed by atoms with Gasteiger partial charge in [0.25, 0.3) is 0 Å². The van der Waals surface area contributed by atoms with E-state index in [1.807, 2.05) is 17.7 Å². The van der Waals surface area contributed by atoms with E-state index in [4.69, 9.17) is 0 Å². The Hall–Kier alpha value is -0.870. The Balaban J connectivity index is 2.86. The first kappa shape index (κ1) is 12.2. The number of hydrogen-bond acceptors (Lipinski definition) is 3. The summed E-state index contributed by atoms with van der Waals surface area (Å²) in [6.07, 6.45) is 2.10. The van der Waals surface area contributed by atoms with Gasteiger partial charge in [-0.3, -0.25) is 4.68 Å². The van der Waals surface area contributed by atoms with Gasteiger partial charge in [-0.25, -0.2) is 0 Å². The van der Waals surface area contributed by atoms with E-state index >= 15 is 0 Å². The van der Waals surface area contributed by atoms with Crippen LogP contribution < -0.4 is 0 Å². The molecule has 1 rings (SSSR count). The average Bonchev–Trinajstić information content (AvgIpc) is 2.48. The molecule has 1 aromatic rings. The van der Waals surface area contributed by atoms with Crippen LogP contribution in [0.2, 0.25) is 0 Å². The van der Waals surface area contributed by atoms with Crippen molar-refractivity contribution < 1.29 is 10.2 Å². The van der Waals surface area contributed by atoms with Gasteiger partial charge in [-0.2, -0.15) is 5.10 Å². The van der Waals surface area contributed by atoms with Gasteiger partial charge in [-0.1, -0.05) is 0 Å². The minimum absolute atomic E-state index is 0.393. The van der Waals surface area contributed by atoms with Crippen LogP contribution in [0, 0.1) is 0 Å². The van der Waals surface area contributed by atoms with Gasteiger partial charge < -0.3 is 10.2 Å². The van der Waals surface area contributed by atoms with Crippen LogP contribution in [0.15, 0.2) is 12.3 Å². The smallest absolute Gasteiger partial charge is 0.0954 e. The van der Waals surface area contributed by atoms with Crippen molar-refractivity contribution >= 4 is 0 Å². The zero-order valence-corrected chi connectivity index (χ0v) is 9.86. The van der Waals surface area contributed by atoms with Gasteiger partial charge in [0, 0.05) is 24.9 Å². The summed E-state index contributed by atoms with van der Waals surface area (Å²) < 4.78 is 1.82. The third-order valence-electron chi connectivity index (χ3n) is 2.95. The highest BCUT2D eigenvalue weighted by atomic mass is 16.4. The zero-order chi connectivity index (χ0) is 11.7. The molecule has 0 fully saturated rings. The monoisotopic (exact) mass is 212 g/mol. The average molecular weight is 212 g/mol. The maximum atomic E-state index is 10.2. The van der Waals surface area contributed by atoms with E-state index in [2.05, 4.69) is 5.10 Å². The molecule has 0 aromatic carbocycles. The van der Waals surface area contributed by atoms with E-state index < -0.39 is 11.2 Å². The lowest BCUT2D eigenvalue weighted by Gasteiger charge is -2.35. The second-order valence-electron chi connectivity index (χ2n) is 4.65. The summed E-state index contributed by atoms with van der Waals surface area (Å²) in [5.74, 6) is 0. The molecule has 4 nitrogen and oxygen atoms in total. The van der Waals surface area contributed by atoms with Crippen molar-refractivity contribution in [1.29, 1.82) is 0 Å². The Morgan fingerprint density at radius 3 is 2.40 bits per heavy atom. The van der Waals surface area contributed by atoms with Crippen molar-refractivity contribution in [3.8, 4) is 0 Å². The number of aromatic nitrogens is 2. The van der Waals surface area contributed by atoms with Crippen molar-refractivity contribution in [2.75, 3.05) is 0 Å². The standard InChI is InChI=1S/C11H20N2O2/c1-5-13-9(6-7-12-13)8-11(4,15)10(2,3)14/h6-7,14-15H,5,8H2,1-4H3. The predicted octanol–water partition coefficient (Wildman–Crippen LogP) is 0.967. The van der Waals surface area contributed by atoms with Crippen LogP contribution in [0.25, 0.3) is 0 Å². The molecule has 0 bridgehead atoms. The molecular weight excluding hydrogens is 192 g/mol. The van der Waals surface area contributed by atoms with Crippen molar-refractivity contribution in [3.63, 3.8) is 0 Å². The van der Waals surface area contributed by atoms with Crippen molar-refractivity contribution in [3.05, 3.63) is 18.0 Å². The predicted molar refractivity (Wildman–Crippen MR) is 58.5 cm³/mol. The Kier molecular flexibility index (Phi) is 3.21. The summed E-state index contributed by atoms with van der Waals surface area (Å²) in [5, 5.41) is 24.1. The number of aryl methyl sites for hydroxylation is 1. The Morgan fingerprint density at radius 2 is 1.93 bits per heavy atom. The Morgan fingerprint density at radius 1 is 1.33 bits per heavy atom. The number of aliphatic hydroxyl groups is 2. The summed E-state index contributed by atoms with van der Waals surface area (Å²) in [5.41, 5.74) is -1.35. The molecular formula is C11H20N2O2. The summed E-state index contributed by atoms with van der Waals surface area (Å²) in [6, 6.07) is 1.86. The van der Waals surface area contributed by atoms with E-state index in [9.17, 15) is 10.2 Å². The highest BCUT2D eigenvalue weighted by Crippen LogP contribution is 2.25. The van der Waals surface area contributed by atoms with Crippen LogP contribution in [0.4, 0.5) is 0 Å². The van der Waals surface area contributed by atoms with Crippen LogP contribution in [0.5, 0.6) is 0 Å². The van der Waals surface area contributed by atoms with E-state index in [1.165, 1.54) is 0 Å². The molecule has 0 saturated heterocycles. The molecule has 86 valence electrons. The molecule has 2 N–H and O–H groups in total. The second kappa shape index (κ2) is 3.94. The Bertz CT molecular complexity index is 324. The van der Waals surface area contributed by atoms with Gasteiger partial charge in [0.2, 0.25) is 0 Å². The molecule has 0 spiro atoms. The first-order valence-corrected chi connectivity index (χ1v) is 5.23. The molecule has 1 heterocycles. The van der Waals surface area contributed by atoms with Crippen LogP contribution in [-0.2, 0) is 13.0 Å². The molecule has 4 heteroatoms. The minimum Gasteiger partial charge on any atom is -0.387 e. The molecule has 1 unspecified atom stereocenters. The fourth-order valence-corrected chi connectivity index (χ4v) is 1.36. The molecule has 0 amide bonds. The van der Waals surface area contributed by atoms with E-state index in [-0.39, 0.29) is 0 Å². The van der Waals surface area contributed by atoms with Gasteiger partial charge in [0.1, 0.15) is 0 Å². The van der Waals surface area contributed by atoms with Crippen molar-refractivity contribution in [2.45, 2.75) is 51.9 Å². The zero-order valence-electron chi connectivity index (χ0n) is 9.86. The molecule has 0 radical (unpaired) electrons. The first-order valence-electron chi connectivity index (χ1n) is 5.23. The molecule has 0 aliphatic rings. The highest BCUT2D eigenvalue weighted by molar-refractivity contribution is 5.07. The lowest BCUT2D eigenvalue weighted by Crippen LogP contribution is -2.49. The lowest BCUT2D eigenvalue weighted by atomic mass is 9.84. The summed E-state index contributed by atoms with van der Waals surface area (Å²) in [6.45, 7) is 7.62. The quantitative estimate of drug-likeness (QED) is 0.781. The van der Waals surface area contributed by atoms with Crippen molar-refractivity contribution in [1.82, 2.24) is 9.78 Å². The van der Waals surface area contributed by atoms with Gasteiger partial charge in [0.15, 0.2) is 0 Å². The first-order chi connectivity index (χ1) is 6.78. The van der Waals surface area contributed by atoms with Gasteiger partial charge in [0.05, 0.1) is 11.2 Å². The highest BCUT2D eigenvalue weighted by Gasteiger charge is 2.38. The molecule has 0 saturated carbocycles. The Labute approximate surface area is 90.5 Å². The third-order valence-corrected chi connectivity index (χ3v) is 2.95. The maximum Gasteiger partial charge on any atom is 0.0954 e.